The number of hydrogen-bond donors (Lipinski definition) is 1. The van der Waals surface area contributed by atoms with Gasteiger partial charge in [-0.2, -0.15) is 0 Å². The molecule has 2 aliphatic heterocycles. The van der Waals surface area contributed by atoms with E-state index in [9.17, 15) is 9.18 Å². The molecule has 2 fully saturated rings. The van der Waals surface area contributed by atoms with Gasteiger partial charge in [-0.3, -0.25) is 9.69 Å². The van der Waals surface area contributed by atoms with E-state index in [0.29, 0.717) is 23.7 Å². The molecule has 2 heterocycles. The van der Waals surface area contributed by atoms with Crippen LogP contribution in [0.25, 0.3) is 0 Å². The van der Waals surface area contributed by atoms with Gasteiger partial charge in [-0.1, -0.05) is 17.7 Å². The van der Waals surface area contributed by atoms with Gasteiger partial charge < -0.3 is 10.1 Å². The number of carbonyl (C=O) groups is 1. The van der Waals surface area contributed by atoms with Gasteiger partial charge in [0.05, 0.1) is 6.10 Å². The zero-order valence-electron chi connectivity index (χ0n) is 13.8. The summed E-state index contributed by atoms with van der Waals surface area (Å²) in [5.41, 5.74) is 0.653. The van der Waals surface area contributed by atoms with E-state index in [1.54, 1.807) is 12.1 Å². The highest BCUT2D eigenvalue weighted by molar-refractivity contribution is 6.30. The number of benzene rings is 1. The molecule has 3 rings (SSSR count). The fraction of sp³-hybridized carbons (Fsp3) is 0.611. The lowest BCUT2D eigenvalue weighted by Gasteiger charge is -2.31. The molecule has 1 aromatic rings. The Bertz CT molecular complexity index is 570. The third kappa shape index (κ3) is 4.68. The Balaban J connectivity index is 1.42. The molecule has 0 saturated carbocycles. The quantitative estimate of drug-likeness (QED) is 0.883. The summed E-state index contributed by atoms with van der Waals surface area (Å²) < 4.78 is 19.4. The van der Waals surface area contributed by atoms with Crippen molar-refractivity contribution in [2.45, 2.75) is 38.3 Å². The zero-order chi connectivity index (χ0) is 16.9. The summed E-state index contributed by atoms with van der Waals surface area (Å²) in [4.78, 5) is 14.4. The van der Waals surface area contributed by atoms with E-state index in [0.717, 1.165) is 45.4 Å². The number of amides is 1. The number of nitrogens with zero attached hydrogens (tertiary/aromatic N) is 1. The van der Waals surface area contributed by atoms with E-state index in [4.69, 9.17) is 16.3 Å². The second-order valence-corrected chi connectivity index (χ2v) is 7.10. The van der Waals surface area contributed by atoms with Gasteiger partial charge in [0.1, 0.15) is 5.82 Å². The Labute approximate surface area is 147 Å². The minimum atomic E-state index is -0.265. The molecule has 1 N–H and O–H groups in total. The monoisotopic (exact) mass is 354 g/mol. The molecule has 0 aromatic heterocycles. The molecule has 6 heteroatoms. The third-order valence-electron chi connectivity index (χ3n) is 4.90. The van der Waals surface area contributed by atoms with Gasteiger partial charge in [-0.25, -0.2) is 4.39 Å². The van der Waals surface area contributed by atoms with Crippen molar-refractivity contribution in [1.82, 2.24) is 10.2 Å². The summed E-state index contributed by atoms with van der Waals surface area (Å²) in [5.74, 6) is -0.0838. The molecule has 0 radical (unpaired) electrons. The van der Waals surface area contributed by atoms with E-state index in [-0.39, 0.29) is 23.7 Å². The number of piperidine rings is 1. The first-order chi connectivity index (χ1) is 11.6. The van der Waals surface area contributed by atoms with Gasteiger partial charge in [0, 0.05) is 36.2 Å². The first kappa shape index (κ1) is 17.6. The lowest BCUT2D eigenvalue weighted by atomic mass is 9.95. The number of likely N-dealkylation sites (tertiary alicyclic amines) is 1. The Morgan fingerprint density at radius 2 is 2.12 bits per heavy atom. The number of nitrogens with one attached hydrogen (secondary N) is 1. The maximum absolute atomic E-state index is 13.9. The van der Waals surface area contributed by atoms with Crippen molar-refractivity contribution in [2.75, 3.05) is 26.2 Å². The number of hydrogen-bond acceptors (Lipinski definition) is 3. The molecule has 132 valence electrons. The van der Waals surface area contributed by atoms with Gasteiger partial charge in [0.2, 0.25) is 5.91 Å². The number of rotatable bonds is 5. The lowest BCUT2D eigenvalue weighted by Crippen LogP contribution is -2.42. The second-order valence-electron chi connectivity index (χ2n) is 6.67. The Morgan fingerprint density at radius 3 is 2.79 bits per heavy atom. The molecule has 0 aliphatic carbocycles. The van der Waals surface area contributed by atoms with Crippen LogP contribution in [0.1, 0.15) is 31.2 Å². The van der Waals surface area contributed by atoms with Gasteiger partial charge in [0.25, 0.3) is 0 Å². The molecule has 0 spiro atoms. The van der Waals surface area contributed by atoms with Crippen molar-refractivity contribution in [3.63, 3.8) is 0 Å². The van der Waals surface area contributed by atoms with E-state index in [1.807, 2.05) is 0 Å². The van der Waals surface area contributed by atoms with Crippen molar-refractivity contribution in [3.8, 4) is 0 Å². The molecular weight excluding hydrogens is 331 g/mol. The van der Waals surface area contributed by atoms with Crippen LogP contribution in [-0.4, -0.2) is 43.2 Å². The zero-order valence-corrected chi connectivity index (χ0v) is 14.5. The summed E-state index contributed by atoms with van der Waals surface area (Å²) in [6.45, 7) is 3.60. The number of halogens is 2. The third-order valence-corrected chi connectivity index (χ3v) is 5.13. The summed E-state index contributed by atoms with van der Waals surface area (Å²) in [6.07, 6.45) is 3.92. The number of carbonyl (C=O) groups excluding carboxylic acids is 1. The molecule has 1 amide bonds. The van der Waals surface area contributed by atoms with Crippen molar-refractivity contribution in [3.05, 3.63) is 34.6 Å². The summed E-state index contributed by atoms with van der Waals surface area (Å²) in [5, 5.41) is 3.43. The highest BCUT2D eigenvalue weighted by Gasteiger charge is 2.26. The van der Waals surface area contributed by atoms with Gasteiger partial charge in [-0.15, -0.1) is 0 Å². The van der Waals surface area contributed by atoms with Crippen LogP contribution in [0.3, 0.4) is 0 Å². The van der Waals surface area contributed by atoms with Crippen LogP contribution in [-0.2, 0) is 16.1 Å². The summed E-state index contributed by atoms with van der Waals surface area (Å²) in [6, 6.07) is 4.80. The SMILES string of the molecule is O=C(NC[C@H]1CCCO1)C1CCN(Cc2ccc(Cl)cc2F)CC1. The van der Waals surface area contributed by atoms with Crippen LogP contribution < -0.4 is 5.32 Å². The fourth-order valence-electron chi connectivity index (χ4n) is 3.41. The van der Waals surface area contributed by atoms with Crippen LogP contribution >= 0.6 is 11.6 Å². The van der Waals surface area contributed by atoms with E-state index >= 15 is 0 Å². The Morgan fingerprint density at radius 1 is 1.33 bits per heavy atom. The molecule has 2 aliphatic rings. The predicted molar refractivity (Wildman–Crippen MR) is 91.4 cm³/mol. The van der Waals surface area contributed by atoms with Crippen molar-refractivity contribution in [1.29, 1.82) is 0 Å². The van der Waals surface area contributed by atoms with Gasteiger partial charge in [-0.05, 0) is 50.9 Å². The molecule has 0 bridgehead atoms. The fourth-order valence-corrected chi connectivity index (χ4v) is 3.57. The van der Waals surface area contributed by atoms with Crippen molar-refractivity contribution in [2.24, 2.45) is 5.92 Å². The maximum atomic E-state index is 13.9. The normalized spacial score (nSPS) is 22.7. The maximum Gasteiger partial charge on any atom is 0.223 e. The largest absolute Gasteiger partial charge is 0.376 e. The van der Waals surface area contributed by atoms with Gasteiger partial charge in [0.15, 0.2) is 0 Å². The molecule has 2 saturated heterocycles. The van der Waals surface area contributed by atoms with Crippen molar-refractivity contribution < 1.29 is 13.9 Å². The highest BCUT2D eigenvalue weighted by atomic mass is 35.5. The minimum absolute atomic E-state index is 0.0534. The minimum Gasteiger partial charge on any atom is -0.376 e. The topological polar surface area (TPSA) is 41.6 Å². The molecule has 24 heavy (non-hydrogen) atoms. The molecule has 1 aromatic carbocycles. The highest BCUT2D eigenvalue weighted by Crippen LogP contribution is 2.22. The molecule has 0 unspecified atom stereocenters. The van der Waals surface area contributed by atoms with Crippen LogP contribution in [0.2, 0.25) is 5.02 Å². The average molecular weight is 355 g/mol. The lowest BCUT2D eigenvalue weighted by molar-refractivity contribution is -0.127. The average Bonchev–Trinajstić information content (AvgIpc) is 3.09. The van der Waals surface area contributed by atoms with E-state index in [2.05, 4.69) is 10.2 Å². The summed E-state index contributed by atoms with van der Waals surface area (Å²) >= 11 is 5.78. The van der Waals surface area contributed by atoms with Crippen LogP contribution in [0.15, 0.2) is 18.2 Å². The van der Waals surface area contributed by atoms with Crippen LogP contribution in [0, 0.1) is 11.7 Å². The van der Waals surface area contributed by atoms with Crippen molar-refractivity contribution >= 4 is 17.5 Å². The summed E-state index contributed by atoms with van der Waals surface area (Å²) in [7, 11) is 0. The first-order valence-corrected chi connectivity index (χ1v) is 9.05. The second kappa shape index (κ2) is 8.28. The smallest absolute Gasteiger partial charge is 0.223 e. The van der Waals surface area contributed by atoms with Crippen LogP contribution in [0.4, 0.5) is 4.39 Å². The molecule has 4 nitrogen and oxygen atoms in total. The van der Waals surface area contributed by atoms with E-state index in [1.165, 1.54) is 6.07 Å². The Kier molecular flexibility index (Phi) is 6.09. The Hall–Kier alpha value is -1.17. The van der Waals surface area contributed by atoms with Crippen LogP contribution in [0.5, 0.6) is 0 Å². The standard InChI is InChI=1S/C18H24ClFN2O2/c19-15-4-3-14(17(20)10-15)12-22-7-5-13(6-8-22)18(23)21-11-16-2-1-9-24-16/h3-4,10,13,16H,1-2,5-9,11-12H2,(H,21,23)/t16-/m1/s1. The molecule has 1 atom stereocenters. The molecular formula is C18H24ClFN2O2. The van der Waals surface area contributed by atoms with E-state index < -0.39 is 0 Å². The number of ether oxygens (including phenoxy) is 1. The first-order valence-electron chi connectivity index (χ1n) is 8.67. The van der Waals surface area contributed by atoms with Gasteiger partial charge >= 0.3 is 0 Å². The predicted octanol–water partition coefficient (Wildman–Crippen LogP) is 2.99.